The summed E-state index contributed by atoms with van der Waals surface area (Å²) in [5, 5.41) is 12.9. The highest BCUT2D eigenvalue weighted by Crippen LogP contribution is 2.14. The lowest BCUT2D eigenvalue weighted by molar-refractivity contribution is -0.132. The van der Waals surface area contributed by atoms with Gasteiger partial charge in [0.1, 0.15) is 145 Å². The number of hydrogen-bond donors (Lipinski definition) is 4. The maximum Gasteiger partial charge on any atom is 0.286 e. The zero-order chi connectivity index (χ0) is 90.7. The van der Waals surface area contributed by atoms with E-state index in [0.29, 0.717) is 46.7 Å². The fourth-order valence-electron chi connectivity index (χ4n) is 6.84. The normalized spacial score (nSPS) is 9.06. The van der Waals surface area contributed by atoms with Gasteiger partial charge in [0.05, 0.1) is 7.11 Å². The van der Waals surface area contributed by atoms with Gasteiger partial charge < -0.3 is 93.5 Å². The summed E-state index contributed by atoms with van der Waals surface area (Å²) in [6, 6.07) is 72.7. The Kier molecular flexibility index (Phi) is 86.4. The second-order valence-corrected chi connectivity index (χ2v) is 23.7. The van der Waals surface area contributed by atoms with Crippen molar-refractivity contribution >= 4 is 52.3 Å². The van der Waals surface area contributed by atoms with Gasteiger partial charge in [0, 0.05) is 20.6 Å². The lowest BCUT2D eigenvalue weighted by atomic mass is 10.3. The zero-order valence-corrected chi connectivity index (χ0v) is 72.3. The lowest BCUT2D eigenvalue weighted by Crippen LogP contribution is -2.22. The van der Waals surface area contributed by atoms with Crippen LogP contribution in [0.3, 0.4) is 0 Å². The summed E-state index contributed by atoms with van der Waals surface area (Å²) in [6.45, 7) is 0.698. The van der Waals surface area contributed by atoms with E-state index in [4.69, 9.17) is 62.2 Å². The van der Waals surface area contributed by atoms with Crippen LogP contribution in [-0.4, -0.2) is 267 Å². The number of ketones is 8. The van der Waals surface area contributed by atoms with Crippen LogP contribution in [0, 0.1) is 11.5 Å². The SMILES string of the molecule is CCC(=O)COc1ccccc1.CN.CN.CN(C)C.CN(C)C.CN=C=O.CNC.CNC.COC#N.COCC(=O)COc1ccccc1.O=C(COCC(=O)COc1ccccc1)COc1ccccc1.O=C(COCC(=O)COc1ccccc1)COc1ccccc1.O=C(COCC(=O)COc1ccccc1)COc1ccccc1. The number of para-hydroxylation sites is 8. The van der Waals surface area contributed by atoms with Crippen molar-refractivity contribution in [3.05, 3.63) is 243 Å². The average molecular weight is 1670 g/mol. The molecule has 120 heavy (non-hydrogen) atoms. The maximum absolute atomic E-state index is 11.6. The van der Waals surface area contributed by atoms with Crippen LogP contribution in [-0.2, 0) is 66.8 Å². The number of hydrogen-bond acceptors (Lipinski definition) is 30. The van der Waals surface area contributed by atoms with E-state index in [9.17, 15) is 38.4 Å². The second-order valence-electron chi connectivity index (χ2n) is 23.7. The molecule has 30 nitrogen and oxygen atoms in total. The highest BCUT2D eigenvalue weighted by atomic mass is 16.5. The zero-order valence-electron chi connectivity index (χ0n) is 72.3. The van der Waals surface area contributed by atoms with Gasteiger partial charge in [-0.05, 0) is 182 Å². The van der Waals surface area contributed by atoms with E-state index in [1.165, 1.54) is 47.7 Å². The molecule has 8 rings (SSSR count). The van der Waals surface area contributed by atoms with Gasteiger partial charge in [0.15, 0.2) is 46.3 Å². The number of isocyanates is 1. The van der Waals surface area contributed by atoms with E-state index in [0.717, 1.165) is 5.75 Å². The molecule has 0 aliphatic rings. The fraction of sp³-hybridized carbons (Fsp3) is 0.356. The molecule has 0 atom stereocenters. The largest absolute Gasteiger partial charge is 0.486 e. The first-order chi connectivity index (χ1) is 58.0. The van der Waals surface area contributed by atoms with Gasteiger partial charge in [-0.1, -0.05) is 153 Å². The molecule has 6 N–H and O–H groups in total. The molecule has 0 unspecified atom stereocenters. The summed E-state index contributed by atoms with van der Waals surface area (Å²) >= 11 is 0. The Bertz CT molecular complexity index is 3350. The van der Waals surface area contributed by atoms with Crippen molar-refractivity contribution in [3.63, 3.8) is 0 Å². The predicted molar refractivity (Wildman–Crippen MR) is 466 cm³/mol. The number of nitriles is 1. The summed E-state index contributed by atoms with van der Waals surface area (Å²) in [7, 11) is 26.7. The lowest BCUT2D eigenvalue weighted by Gasteiger charge is -2.07. The van der Waals surface area contributed by atoms with Gasteiger partial charge in [-0.3, -0.25) is 38.4 Å². The number of benzene rings is 8. The van der Waals surface area contributed by atoms with Gasteiger partial charge in [-0.2, -0.15) is 5.26 Å². The number of nitrogens with two attached hydrogens (primary N) is 2. The number of carbonyl (C=O) groups excluding carboxylic acids is 9. The Balaban J connectivity index is -0.000000433. The van der Waals surface area contributed by atoms with Crippen LogP contribution in [0.25, 0.3) is 0 Å². The number of carbonyl (C=O) groups is 8. The summed E-state index contributed by atoms with van der Waals surface area (Å²) in [5.41, 5.74) is 9.00. The van der Waals surface area contributed by atoms with E-state index in [1.54, 1.807) is 84.9 Å². The van der Waals surface area contributed by atoms with Crippen molar-refractivity contribution in [2.45, 2.75) is 13.3 Å². The van der Waals surface area contributed by atoms with E-state index < -0.39 is 0 Å². The Labute approximate surface area is 709 Å². The molecule has 8 aromatic rings. The first kappa shape index (κ1) is 116. The summed E-state index contributed by atoms with van der Waals surface area (Å²) in [4.78, 5) is 107. The van der Waals surface area contributed by atoms with Crippen molar-refractivity contribution in [1.29, 1.82) is 5.26 Å². The van der Waals surface area contributed by atoms with Gasteiger partial charge in [0.2, 0.25) is 6.08 Å². The fourth-order valence-corrected chi connectivity index (χ4v) is 6.84. The van der Waals surface area contributed by atoms with Crippen molar-refractivity contribution in [1.82, 2.24) is 20.4 Å². The van der Waals surface area contributed by atoms with Gasteiger partial charge >= 0.3 is 0 Å². The predicted octanol–water partition coefficient (Wildman–Crippen LogP) is 9.47. The van der Waals surface area contributed by atoms with E-state index in [2.05, 4.69) is 36.6 Å². The van der Waals surface area contributed by atoms with Crippen LogP contribution in [0.2, 0.25) is 0 Å². The molecule has 0 heterocycles. The molecule has 0 saturated carbocycles. The van der Waals surface area contributed by atoms with Crippen molar-refractivity contribution < 1.29 is 105 Å². The molecule has 8 aromatic carbocycles. The minimum atomic E-state index is -0.231. The smallest absolute Gasteiger partial charge is 0.286 e. The number of methoxy groups -OCH3 is 2. The molecule has 30 heteroatoms. The van der Waals surface area contributed by atoms with Crippen LogP contribution in [0.4, 0.5) is 0 Å². The number of ether oxygens (including phenoxy) is 13. The molecule has 0 radical (unpaired) electrons. The molecule has 0 aliphatic carbocycles. The van der Waals surface area contributed by atoms with Gasteiger partial charge in [-0.25, -0.2) is 9.79 Å². The number of nitrogens with one attached hydrogen (secondary N) is 2. The first-order valence-corrected chi connectivity index (χ1v) is 37.2. The highest BCUT2D eigenvalue weighted by molar-refractivity contribution is 5.85. The number of Topliss-reactive ketones (excluding diaryl/α,β-unsaturated/α-hetero) is 8. The topological polar surface area (TPSA) is 392 Å². The van der Waals surface area contributed by atoms with Crippen LogP contribution in [0.5, 0.6) is 46.0 Å². The standard InChI is InChI=1S/3C18H18O5.C10H12O3.C10H12O2.2C3H9N.2C2H3NO.2C2H7N.2CH5N/c3*19-15(13-22-17-7-3-1-4-8-17)11-21-12-16(20)14-23-18-9-5-2-6-10-18;1-12-7-9(11)8-13-10-5-3-2-4-6-10;1-2-9(11)8-12-10-6-4-3-5-7-10;2*1-4(2)3;1-4-2-3;1-3-2-4;2*1-3-2;2*1-2/h3*1-10H,11-14H2;2-6H,7-8H2,1H3;3-7H,2,8H2,1H3;2*1-3H3;2*1H3;2*3H,1-2H3;2*2H2,1H3. The van der Waals surface area contributed by atoms with E-state index >= 15 is 0 Å². The molecule has 0 amide bonds. The Morgan fingerprint density at radius 3 is 0.542 bits per heavy atom. The van der Waals surface area contributed by atoms with E-state index in [1.807, 2.05) is 245 Å². The Hall–Kier alpha value is -12.2. The van der Waals surface area contributed by atoms with Crippen molar-refractivity contribution in [2.75, 3.05) is 205 Å². The molecule has 0 fully saturated rings. The van der Waals surface area contributed by atoms with Crippen LogP contribution < -0.4 is 60.0 Å². The quantitative estimate of drug-likeness (QED) is 0.0158. The summed E-state index contributed by atoms with van der Waals surface area (Å²) in [6.07, 6.45) is 3.27. The third-order valence-electron chi connectivity index (χ3n) is 11.6. The molecule has 0 aromatic heterocycles. The molecule has 0 spiro atoms. The third kappa shape index (κ3) is 85.2. The number of nitrogens with zero attached hydrogens (tertiary/aromatic N) is 4. The molecule has 0 saturated heterocycles. The third-order valence-corrected chi connectivity index (χ3v) is 11.6. The Morgan fingerprint density at radius 2 is 0.433 bits per heavy atom. The average Bonchev–Trinajstić information content (AvgIpc) is 0.938. The number of rotatable bonds is 39. The van der Waals surface area contributed by atoms with E-state index in [-0.39, 0.29) is 145 Å². The molecular weight excluding hydrogens is 1550 g/mol. The van der Waals surface area contributed by atoms with Crippen LogP contribution in [0.15, 0.2) is 248 Å². The summed E-state index contributed by atoms with van der Waals surface area (Å²) in [5.74, 6) is 3.84. The minimum Gasteiger partial charge on any atom is -0.486 e. The Morgan fingerprint density at radius 1 is 0.308 bits per heavy atom. The number of aliphatic imine (C=N–C) groups is 1. The maximum atomic E-state index is 11.6. The summed E-state index contributed by atoms with van der Waals surface area (Å²) < 4.78 is 65.9. The molecular formula is C90H126N8O22. The van der Waals surface area contributed by atoms with Crippen LogP contribution in [0.1, 0.15) is 13.3 Å². The molecule has 0 aliphatic heterocycles. The second kappa shape index (κ2) is 89.1. The monoisotopic (exact) mass is 1670 g/mol. The molecule has 658 valence electrons. The van der Waals surface area contributed by atoms with Crippen molar-refractivity contribution in [2.24, 2.45) is 16.5 Å². The van der Waals surface area contributed by atoms with Gasteiger partial charge in [-0.15, -0.1) is 0 Å². The highest BCUT2D eigenvalue weighted by Gasteiger charge is 2.12. The first-order valence-electron chi connectivity index (χ1n) is 37.2. The van der Waals surface area contributed by atoms with Crippen LogP contribution >= 0.6 is 0 Å². The van der Waals surface area contributed by atoms with Crippen molar-refractivity contribution in [3.8, 4) is 52.3 Å². The van der Waals surface area contributed by atoms with Gasteiger partial charge in [0.25, 0.3) is 6.26 Å². The minimum absolute atomic E-state index is 0.0636. The molecule has 0 bridgehead atoms.